The van der Waals surface area contributed by atoms with Gasteiger partial charge in [0.15, 0.2) is 0 Å². The van der Waals surface area contributed by atoms with Crippen molar-refractivity contribution in [2.45, 2.75) is 71.1 Å². The van der Waals surface area contributed by atoms with Gasteiger partial charge in [0.25, 0.3) is 0 Å². The molecule has 0 aromatic carbocycles. The standard InChI is InChI=1S/C12H24O2.CH2O3.Zn/c1-2-3-4-5-6-7-8-9-10-11-12(13)14;2-1(3)4;/h2-11H2,1H3,(H,13,14);(H2,2,3,4);/q;;+2/p-3. The fourth-order valence-corrected chi connectivity index (χ4v) is 1.58. The summed E-state index contributed by atoms with van der Waals surface area (Å²) in [5.74, 6) is -0.909. The fraction of sp³-hybridized carbons (Fsp3) is 0.846. The van der Waals surface area contributed by atoms with E-state index in [1.807, 2.05) is 0 Å². The van der Waals surface area contributed by atoms with Crippen molar-refractivity contribution in [2.75, 3.05) is 0 Å². The summed E-state index contributed by atoms with van der Waals surface area (Å²) in [5, 5.41) is 26.8. The molecule has 0 saturated carbocycles. The largest absolute Gasteiger partial charge is 2.00 e. The van der Waals surface area contributed by atoms with Crippen molar-refractivity contribution in [3.63, 3.8) is 0 Å². The summed E-state index contributed by atoms with van der Waals surface area (Å²) in [4.78, 5) is 18.4. The number of carboxylic acid groups (broad SMARTS) is 3. The van der Waals surface area contributed by atoms with Gasteiger partial charge in [-0.1, -0.05) is 58.3 Å². The molecule has 108 valence electrons. The third kappa shape index (κ3) is 38.2. The van der Waals surface area contributed by atoms with Gasteiger partial charge in [0.1, 0.15) is 0 Å². The van der Waals surface area contributed by atoms with E-state index in [4.69, 9.17) is 15.0 Å². The van der Waals surface area contributed by atoms with E-state index in [2.05, 4.69) is 6.92 Å². The summed E-state index contributed by atoms with van der Waals surface area (Å²) < 4.78 is 0. The molecule has 0 heterocycles. The predicted octanol–water partition coefficient (Wildman–Crippen LogP) is 0.208. The van der Waals surface area contributed by atoms with Crippen LogP contribution in [0.3, 0.4) is 0 Å². The minimum absolute atomic E-state index is 0. The van der Waals surface area contributed by atoms with Gasteiger partial charge in [-0.15, -0.1) is 0 Å². The molecule has 19 heavy (non-hydrogen) atoms. The third-order valence-electron chi connectivity index (χ3n) is 2.48. The van der Waals surface area contributed by atoms with Crippen molar-refractivity contribution in [1.29, 1.82) is 0 Å². The molecular weight excluding hydrogens is 302 g/mol. The first-order valence-electron chi connectivity index (χ1n) is 6.58. The van der Waals surface area contributed by atoms with Gasteiger partial charge in [0.05, 0.1) is 0 Å². The van der Waals surface area contributed by atoms with Crippen molar-refractivity contribution < 1.29 is 44.4 Å². The monoisotopic (exact) mass is 323 g/mol. The number of unbranched alkanes of at least 4 members (excludes halogenated alkanes) is 8. The van der Waals surface area contributed by atoms with E-state index in [1.54, 1.807) is 0 Å². The number of hydrogen-bond donors (Lipinski definition) is 0. The molecule has 0 aliphatic heterocycles. The summed E-state index contributed by atoms with van der Waals surface area (Å²) in [6.45, 7) is 2.22. The maximum absolute atomic E-state index is 10.1. The Morgan fingerprint density at radius 2 is 1.05 bits per heavy atom. The quantitative estimate of drug-likeness (QED) is 0.422. The Labute approximate surface area is 128 Å². The van der Waals surface area contributed by atoms with Gasteiger partial charge in [0, 0.05) is 5.97 Å². The van der Waals surface area contributed by atoms with Crippen LogP contribution in [0.5, 0.6) is 0 Å². The van der Waals surface area contributed by atoms with Crippen molar-refractivity contribution in [3.8, 4) is 0 Å². The van der Waals surface area contributed by atoms with Crippen LogP contribution in [0.4, 0.5) is 4.79 Å². The number of rotatable bonds is 10. The van der Waals surface area contributed by atoms with Crippen LogP contribution >= 0.6 is 0 Å². The first kappa shape index (κ1) is 23.5. The SMILES string of the molecule is CCCCCCCCCCCC(=O)[O-].O=C([O-])[O-].[Zn+2]. The Morgan fingerprint density at radius 1 is 0.737 bits per heavy atom. The molecule has 0 atom stereocenters. The third-order valence-corrected chi connectivity index (χ3v) is 2.48. The van der Waals surface area contributed by atoms with E-state index >= 15 is 0 Å². The van der Waals surface area contributed by atoms with E-state index in [9.17, 15) is 9.90 Å². The van der Waals surface area contributed by atoms with Gasteiger partial charge in [0.2, 0.25) is 0 Å². The van der Waals surface area contributed by atoms with Crippen molar-refractivity contribution in [2.24, 2.45) is 0 Å². The second-order valence-corrected chi connectivity index (χ2v) is 4.20. The number of hydrogen-bond acceptors (Lipinski definition) is 5. The average Bonchev–Trinajstić information content (AvgIpc) is 2.26. The van der Waals surface area contributed by atoms with Crippen molar-refractivity contribution >= 4 is 12.1 Å². The zero-order chi connectivity index (χ0) is 14.2. The second kappa shape index (κ2) is 19.7. The van der Waals surface area contributed by atoms with Crippen LogP contribution in [0, 0.1) is 0 Å². The van der Waals surface area contributed by atoms with Crippen LogP contribution in [0.1, 0.15) is 71.1 Å². The van der Waals surface area contributed by atoms with Crippen molar-refractivity contribution in [1.82, 2.24) is 0 Å². The van der Waals surface area contributed by atoms with Crippen LogP contribution in [0.15, 0.2) is 0 Å². The molecule has 0 radical (unpaired) electrons. The molecule has 0 rings (SSSR count). The van der Waals surface area contributed by atoms with E-state index in [0.717, 1.165) is 12.8 Å². The van der Waals surface area contributed by atoms with E-state index < -0.39 is 12.1 Å². The molecule has 6 heteroatoms. The number of carbonyl (C=O) groups excluding carboxylic acids is 2. The summed E-state index contributed by atoms with van der Waals surface area (Å²) in [6.07, 6.45) is 8.83. The minimum atomic E-state index is -2.33. The summed E-state index contributed by atoms with van der Waals surface area (Å²) in [6, 6.07) is 0. The Hall–Kier alpha value is -0.637. The van der Waals surface area contributed by atoms with Crippen LogP contribution in [0.2, 0.25) is 0 Å². The van der Waals surface area contributed by atoms with E-state index in [0.29, 0.717) is 0 Å². The normalized spacial score (nSPS) is 8.89. The molecule has 0 aliphatic carbocycles. The second-order valence-electron chi connectivity index (χ2n) is 4.20. The molecule has 0 bridgehead atoms. The summed E-state index contributed by atoms with van der Waals surface area (Å²) >= 11 is 0. The maximum atomic E-state index is 10.1. The number of carboxylic acids is 1. The van der Waals surface area contributed by atoms with Crippen LogP contribution in [0.25, 0.3) is 0 Å². The van der Waals surface area contributed by atoms with E-state index in [1.165, 1.54) is 44.9 Å². The number of carbonyl (C=O) groups is 2. The topological polar surface area (TPSA) is 103 Å². The molecule has 0 aliphatic rings. The molecular formula is C13H23O5Zn-. The first-order chi connectivity index (χ1) is 8.50. The smallest absolute Gasteiger partial charge is 0.652 e. The zero-order valence-electron chi connectivity index (χ0n) is 11.8. The van der Waals surface area contributed by atoms with Gasteiger partial charge in [-0.25, -0.2) is 0 Å². The van der Waals surface area contributed by atoms with Gasteiger partial charge in [-0.3, -0.25) is 0 Å². The Bertz CT molecular complexity index is 205. The first-order valence-corrected chi connectivity index (χ1v) is 6.58. The minimum Gasteiger partial charge on any atom is -0.652 e. The van der Waals surface area contributed by atoms with E-state index in [-0.39, 0.29) is 25.9 Å². The molecule has 0 N–H and O–H groups in total. The molecule has 0 spiro atoms. The van der Waals surface area contributed by atoms with Gasteiger partial charge in [-0.05, 0) is 19.0 Å². The van der Waals surface area contributed by atoms with Crippen LogP contribution < -0.4 is 15.3 Å². The van der Waals surface area contributed by atoms with Crippen LogP contribution in [-0.4, -0.2) is 12.1 Å². The molecule has 0 aromatic heterocycles. The Kier molecular flexibility index (Phi) is 24.3. The Morgan fingerprint density at radius 3 is 1.37 bits per heavy atom. The average molecular weight is 325 g/mol. The van der Waals surface area contributed by atoms with Gasteiger partial charge in [-0.2, -0.15) is 0 Å². The van der Waals surface area contributed by atoms with Gasteiger partial charge >= 0.3 is 19.5 Å². The predicted molar refractivity (Wildman–Crippen MR) is 62.2 cm³/mol. The fourth-order valence-electron chi connectivity index (χ4n) is 1.58. The van der Waals surface area contributed by atoms with Crippen molar-refractivity contribution in [3.05, 3.63) is 0 Å². The molecule has 0 amide bonds. The maximum Gasteiger partial charge on any atom is 2.00 e. The summed E-state index contributed by atoms with van der Waals surface area (Å²) in [7, 11) is 0. The number of aliphatic carboxylic acids is 1. The van der Waals surface area contributed by atoms with Gasteiger partial charge < -0.3 is 24.9 Å². The molecule has 5 nitrogen and oxygen atoms in total. The summed E-state index contributed by atoms with van der Waals surface area (Å²) in [5.41, 5.74) is 0. The Balaban J connectivity index is -0.000000448. The molecule has 0 unspecified atom stereocenters. The molecule has 0 fully saturated rings. The molecule has 0 saturated heterocycles. The zero-order valence-corrected chi connectivity index (χ0v) is 14.8. The molecule has 0 aromatic rings. The van der Waals surface area contributed by atoms with Crippen LogP contribution in [-0.2, 0) is 24.3 Å².